The number of carbonyl (C=O) groups excluding carboxylic acids is 2. The number of rotatable bonds is 7. The molecular formula is C15H21Br2NO4. The molecule has 1 rings (SSSR count). The fourth-order valence-corrected chi connectivity index (χ4v) is 4.13. The molecule has 0 radical (unpaired) electrons. The number of esters is 2. The van der Waals surface area contributed by atoms with Crippen LogP contribution in [0.4, 0.5) is 0 Å². The molecule has 7 heteroatoms. The van der Waals surface area contributed by atoms with Gasteiger partial charge in [-0.2, -0.15) is 0 Å². The summed E-state index contributed by atoms with van der Waals surface area (Å²) in [6, 6.07) is 0. The molecule has 0 aliphatic carbocycles. The highest BCUT2D eigenvalue weighted by Gasteiger charge is 2.55. The van der Waals surface area contributed by atoms with Crippen LogP contribution in [0.3, 0.4) is 0 Å². The monoisotopic (exact) mass is 437 g/mol. The zero-order chi connectivity index (χ0) is 16.8. The van der Waals surface area contributed by atoms with E-state index in [0.717, 1.165) is 19.4 Å². The number of ether oxygens (including phenoxy) is 2. The normalized spacial score (nSPS) is 16.7. The zero-order valence-electron chi connectivity index (χ0n) is 13.0. The molecule has 0 bridgehead atoms. The first-order valence-corrected chi connectivity index (χ1v) is 8.71. The molecule has 5 nitrogen and oxygen atoms in total. The van der Waals surface area contributed by atoms with Crippen molar-refractivity contribution in [3.8, 4) is 0 Å². The van der Waals surface area contributed by atoms with Gasteiger partial charge in [0.05, 0.1) is 14.2 Å². The summed E-state index contributed by atoms with van der Waals surface area (Å²) in [7, 11) is 2.48. The van der Waals surface area contributed by atoms with Gasteiger partial charge in [-0.15, -0.1) is 0 Å². The number of halogens is 2. The van der Waals surface area contributed by atoms with E-state index in [0.29, 0.717) is 8.96 Å². The van der Waals surface area contributed by atoms with Gasteiger partial charge in [0.1, 0.15) is 0 Å². The Labute approximate surface area is 148 Å². The van der Waals surface area contributed by atoms with Crippen LogP contribution in [0.1, 0.15) is 32.6 Å². The SMILES string of the molecule is CCCCCCN1C=C(Br)C(C(=O)OC)(C(=O)OC)C(Br)=C1. The van der Waals surface area contributed by atoms with Crippen molar-refractivity contribution in [2.45, 2.75) is 32.6 Å². The van der Waals surface area contributed by atoms with Gasteiger partial charge in [-0.3, -0.25) is 9.59 Å². The van der Waals surface area contributed by atoms with Crippen molar-refractivity contribution in [3.05, 3.63) is 21.4 Å². The molecule has 0 saturated carbocycles. The first-order chi connectivity index (χ1) is 10.4. The van der Waals surface area contributed by atoms with Crippen LogP contribution in [-0.2, 0) is 19.1 Å². The van der Waals surface area contributed by atoms with Crippen LogP contribution < -0.4 is 0 Å². The maximum Gasteiger partial charge on any atom is 0.333 e. The fraction of sp³-hybridized carbons (Fsp3) is 0.600. The van der Waals surface area contributed by atoms with Gasteiger partial charge in [0.2, 0.25) is 5.41 Å². The van der Waals surface area contributed by atoms with Crippen LogP contribution in [0.25, 0.3) is 0 Å². The van der Waals surface area contributed by atoms with E-state index in [9.17, 15) is 9.59 Å². The molecule has 1 aliphatic heterocycles. The van der Waals surface area contributed by atoms with Gasteiger partial charge in [-0.1, -0.05) is 58.0 Å². The standard InChI is InChI=1S/C15H21Br2NO4/c1-4-5-6-7-8-18-9-11(16)15(12(17)10-18,13(19)21-2)14(20)22-3/h9-10H,4-8H2,1-3H3. The van der Waals surface area contributed by atoms with Gasteiger partial charge in [-0.25, -0.2) is 0 Å². The molecule has 124 valence electrons. The van der Waals surface area contributed by atoms with Crippen molar-refractivity contribution in [2.24, 2.45) is 5.41 Å². The van der Waals surface area contributed by atoms with Gasteiger partial charge in [0, 0.05) is 27.9 Å². The second kappa shape index (κ2) is 8.72. The molecule has 0 N–H and O–H groups in total. The molecule has 0 atom stereocenters. The Bertz CT molecular complexity index is 450. The second-order valence-electron chi connectivity index (χ2n) is 4.99. The number of methoxy groups -OCH3 is 2. The summed E-state index contributed by atoms with van der Waals surface area (Å²) in [6.07, 6.45) is 7.99. The van der Waals surface area contributed by atoms with E-state index in [2.05, 4.69) is 38.8 Å². The Kier molecular flexibility index (Phi) is 7.62. The lowest BCUT2D eigenvalue weighted by molar-refractivity contribution is -0.162. The largest absolute Gasteiger partial charge is 0.468 e. The van der Waals surface area contributed by atoms with E-state index in [1.165, 1.54) is 27.1 Å². The summed E-state index contributed by atoms with van der Waals surface area (Å²) in [6.45, 7) is 2.97. The van der Waals surface area contributed by atoms with Gasteiger partial charge in [0.15, 0.2) is 0 Å². The highest BCUT2D eigenvalue weighted by molar-refractivity contribution is 9.12. The predicted molar refractivity (Wildman–Crippen MR) is 91.3 cm³/mol. The Morgan fingerprint density at radius 1 is 1.05 bits per heavy atom. The van der Waals surface area contributed by atoms with Crippen LogP contribution in [0, 0.1) is 5.41 Å². The first-order valence-electron chi connectivity index (χ1n) is 7.13. The van der Waals surface area contributed by atoms with Crippen LogP contribution in [0.2, 0.25) is 0 Å². The number of hydrogen-bond donors (Lipinski definition) is 0. The van der Waals surface area contributed by atoms with E-state index < -0.39 is 17.4 Å². The first kappa shape index (κ1) is 19.2. The summed E-state index contributed by atoms with van der Waals surface area (Å²) in [5, 5.41) is 0. The van der Waals surface area contributed by atoms with Gasteiger partial charge in [0.25, 0.3) is 0 Å². The van der Waals surface area contributed by atoms with Crippen molar-refractivity contribution < 1.29 is 19.1 Å². The summed E-state index contributed by atoms with van der Waals surface area (Å²) >= 11 is 6.69. The molecule has 0 fully saturated rings. The molecule has 0 aromatic carbocycles. The molecule has 0 aromatic heterocycles. The van der Waals surface area contributed by atoms with Gasteiger partial charge < -0.3 is 14.4 Å². The van der Waals surface area contributed by atoms with E-state index >= 15 is 0 Å². The van der Waals surface area contributed by atoms with E-state index in [4.69, 9.17) is 9.47 Å². The third kappa shape index (κ3) is 3.74. The van der Waals surface area contributed by atoms with Crippen LogP contribution in [0.15, 0.2) is 21.4 Å². The minimum Gasteiger partial charge on any atom is -0.468 e. The Balaban J connectivity index is 3.02. The number of carbonyl (C=O) groups is 2. The average Bonchev–Trinajstić information content (AvgIpc) is 2.50. The lowest BCUT2D eigenvalue weighted by atomic mass is 9.86. The van der Waals surface area contributed by atoms with Crippen LogP contribution >= 0.6 is 31.9 Å². The molecule has 0 spiro atoms. The highest BCUT2D eigenvalue weighted by Crippen LogP contribution is 2.47. The maximum absolute atomic E-state index is 12.2. The van der Waals surface area contributed by atoms with Gasteiger partial charge >= 0.3 is 11.9 Å². The lowest BCUT2D eigenvalue weighted by Gasteiger charge is -2.33. The third-order valence-corrected chi connectivity index (χ3v) is 5.13. The number of nitrogens with zero attached hydrogens (tertiary/aromatic N) is 1. The minimum absolute atomic E-state index is 0.392. The number of hydrogen-bond acceptors (Lipinski definition) is 5. The quantitative estimate of drug-likeness (QED) is 0.344. The lowest BCUT2D eigenvalue weighted by Crippen LogP contribution is -2.44. The zero-order valence-corrected chi connectivity index (χ0v) is 16.2. The predicted octanol–water partition coefficient (Wildman–Crippen LogP) is 3.69. The average molecular weight is 439 g/mol. The van der Waals surface area contributed by atoms with Gasteiger partial charge in [-0.05, 0) is 6.42 Å². The second-order valence-corrected chi connectivity index (χ2v) is 6.69. The topological polar surface area (TPSA) is 55.8 Å². The molecular weight excluding hydrogens is 418 g/mol. The van der Waals surface area contributed by atoms with E-state index in [-0.39, 0.29) is 0 Å². The number of unbranched alkanes of at least 4 members (excludes halogenated alkanes) is 3. The highest BCUT2D eigenvalue weighted by atomic mass is 79.9. The van der Waals surface area contributed by atoms with Crippen molar-refractivity contribution >= 4 is 43.8 Å². The Morgan fingerprint density at radius 2 is 1.55 bits per heavy atom. The van der Waals surface area contributed by atoms with E-state index in [1.54, 1.807) is 12.4 Å². The van der Waals surface area contributed by atoms with Crippen LogP contribution in [-0.4, -0.2) is 37.6 Å². The molecule has 1 heterocycles. The third-order valence-electron chi connectivity index (χ3n) is 3.53. The Morgan fingerprint density at radius 3 is 1.95 bits per heavy atom. The Hall–Kier alpha value is -0.820. The van der Waals surface area contributed by atoms with Crippen molar-refractivity contribution in [1.82, 2.24) is 4.90 Å². The summed E-state index contributed by atoms with van der Waals surface area (Å²) in [4.78, 5) is 26.4. The molecule has 0 saturated heterocycles. The molecule has 0 amide bonds. The molecule has 22 heavy (non-hydrogen) atoms. The molecule has 0 unspecified atom stereocenters. The van der Waals surface area contributed by atoms with Crippen LogP contribution in [0.5, 0.6) is 0 Å². The van der Waals surface area contributed by atoms with Crippen molar-refractivity contribution in [2.75, 3.05) is 20.8 Å². The fourth-order valence-electron chi connectivity index (χ4n) is 2.27. The van der Waals surface area contributed by atoms with Crippen molar-refractivity contribution in [3.63, 3.8) is 0 Å². The molecule has 0 aromatic rings. The minimum atomic E-state index is -1.62. The summed E-state index contributed by atoms with van der Waals surface area (Å²) < 4.78 is 10.4. The van der Waals surface area contributed by atoms with Crippen molar-refractivity contribution in [1.29, 1.82) is 0 Å². The molecule has 1 aliphatic rings. The van der Waals surface area contributed by atoms with E-state index in [1.807, 2.05) is 4.90 Å². The summed E-state index contributed by atoms with van der Waals surface area (Å²) in [5.41, 5.74) is -1.62. The maximum atomic E-state index is 12.2. The summed E-state index contributed by atoms with van der Waals surface area (Å²) in [5.74, 6) is -1.40. The smallest absolute Gasteiger partial charge is 0.333 e.